The van der Waals surface area contributed by atoms with Crippen molar-refractivity contribution in [2.75, 3.05) is 19.6 Å². The quantitative estimate of drug-likeness (QED) is 0.814. The van der Waals surface area contributed by atoms with E-state index in [1.807, 2.05) is 0 Å². The molecule has 3 aliphatic carbocycles. The molecule has 0 radical (unpaired) electrons. The third kappa shape index (κ3) is 1.93. The SMILES string of the molecule is CC1(CNC(=O)C2C3C4CCC(C4)C23)CCCNC1. The molecule has 1 saturated heterocycles. The fraction of sp³-hybridized carbons (Fsp3) is 0.938. The summed E-state index contributed by atoms with van der Waals surface area (Å²) in [6, 6.07) is 0. The highest BCUT2D eigenvalue weighted by atomic mass is 16.2. The van der Waals surface area contributed by atoms with Crippen molar-refractivity contribution >= 4 is 5.91 Å². The molecule has 4 rings (SSSR count). The van der Waals surface area contributed by atoms with Crippen molar-refractivity contribution in [2.24, 2.45) is 35.0 Å². The summed E-state index contributed by atoms with van der Waals surface area (Å²) in [6.07, 6.45) is 6.71. The first-order valence-electron chi connectivity index (χ1n) is 8.16. The standard InChI is InChI=1S/C16H26N2O/c1-16(5-2-6-17-8-16)9-18-15(19)14-12-10-3-4-11(7-10)13(12)14/h10-14,17H,2-9H2,1H3,(H,18,19). The minimum Gasteiger partial charge on any atom is -0.355 e. The molecule has 3 nitrogen and oxygen atoms in total. The summed E-state index contributed by atoms with van der Waals surface area (Å²) in [7, 11) is 0. The first kappa shape index (κ1) is 12.2. The van der Waals surface area contributed by atoms with Crippen molar-refractivity contribution in [1.82, 2.24) is 10.6 Å². The number of rotatable bonds is 3. The van der Waals surface area contributed by atoms with E-state index in [1.54, 1.807) is 0 Å². The smallest absolute Gasteiger partial charge is 0.223 e. The maximum Gasteiger partial charge on any atom is 0.223 e. The Labute approximate surface area is 115 Å². The Kier molecular flexibility index (Phi) is 2.70. The number of nitrogens with one attached hydrogen (secondary N) is 2. The average molecular weight is 262 g/mol. The highest BCUT2D eigenvalue weighted by Crippen LogP contribution is 2.69. The van der Waals surface area contributed by atoms with Gasteiger partial charge in [0.15, 0.2) is 0 Å². The second-order valence-electron chi connectivity index (χ2n) is 7.82. The maximum atomic E-state index is 12.4. The molecule has 4 aliphatic rings. The van der Waals surface area contributed by atoms with E-state index in [4.69, 9.17) is 0 Å². The number of piperidine rings is 1. The monoisotopic (exact) mass is 262 g/mol. The van der Waals surface area contributed by atoms with Gasteiger partial charge in [-0.3, -0.25) is 4.79 Å². The number of fused-ring (bicyclic) bond motifs is 5. The summed E-state index contributed by atoms with van der Waals surface area (Å²) >= 11 is 0. The van der Waals surface area contributed by atoms with Gasteiger partial charge in [-0.05, 0) is 67.7 Å². The Bertz CT molecular complexity index is 372. The number of carbonyl (C=O) groups excluding carboxylic acids is 1. The lowest BCUT2D eigenvalue weighted by atomic mass is 9.82. The summed E-state index contributed by atoms with van der Waals surface area (Å²) < 4.78 is 0. The molecule has 1 aliphatic heterocycles. The van der Waals surface area contributed by atoms with Crippen LogP contribution in [0.4, 0.5) is 0 Å². The molecule has 3 saturated carbocycles. The van der Waals surface area contributed by atoms with Gasteiger partial charge in [0, 0.05) is 19.0 Å². The van der Waals surface area contributed by atoms with Gasteiger partial charge in [-0.1, -0.05) is 6.92 Å². The molecule has 1 heterocycles. The van der Waals surface area contributed by atoms with Gasteiger partial charge >= 0.3 is 0 Å². The molecule has 0 aromatic heterocycles. The molecule has 2 bridgehead atoms. The maximum absolute atomic E-state index is 12.4. The van der Waals surface area contributed by atoms with E-state index in [9.17, 15) is 4.79 Å². The van der Waals surface area contributed by atoms with Crippen molar-refractivity contribution in [1.29, 1.82) is 0 Å². The van der Waals surface area contributed by atoms with Crippen LogP contribution in [0.1, 0.15) is 39.0 Å². The van der Waals surface area contributed by atoms with Gasteiger partial charge in [0.05, 0.1) is 0 Å². The van der Waals surface area contributed by atoms with Crippen molar-refractivity contribution in [2.45, 2.75) is 39.0 Å². The Morgan fingerprint density at radius 1 is 1.32 bits per heavy atom. The lowest BCUT2D eigenvalue weighted by molar-refractivity contribution is -0.123. The summed E-state index contributed by atoms with van der Waals surface area (Å²) in [6.45, 7) is 5.36. The lowest BCUT2D eigenvalue weighted by Crippen LogP contribution is -2.46. The van der Waals surface area contributed by atoms with Crippen molar-refractivity contribution in [3.8, 4) is 0 Å². The fourth-order valence-corrected chi connectivity index (χ4v) is 5.36. The normalized spacial score (nSPS) is 50.9. The van der Waals surface area contributed by atoms with Crippen LogP contribution in [0, 0.1) is 35.0 Å². The highest BCUT2D eigenvalue weighted by molar-refractivity contribution is 5.82. The minimum atomic E-state index is 0.275. The van der Waals surface area contributed by atoms with Crippen molar-refractivity contribution < 1.29 is 4.79 Å². The van der Waals surface area contributed by atoms with Crippen LogP contribution in [-0.2, 0) is 4.79 Å². The highest BCUT2D eigenvalue weighted by Gasteiger charge is 2.67. The van der Waals surface area contributed by atoms with Gasteiger partial charge in [-0.2, -0.15) is 0 Å². The Morgan fingerprint density at radius 2 is 2.05 bits per heavy atom. The van der Waals surface area contributed by atoms with Gasteiger partial charge in [-0.25, -0.2) is 0 Å². The molecule has 19 heavy (non-hydrogen) atoms. The molecule has 1 amide bonds. The van der Waals surface area contributed by atoms with Crippen LogP contribution in [0.2, 0.25) is 0 Å². The predicted molar refractivity (Wildman–Crippen MR) is 74.5 cm³/mol. The largest absolute Gasteiger partial charge is 0.355 e. The predicted octanol–water partition coefficient (Wildman–Crippen LogP) is 1.78. The van der Waals surface area contributed by atoms with E-state index in [0.717, 1.165) is 43.3 Å². The molecule has 5 unspecified atom stereocenters. The molecule has 0 aromatic carbocycles. The fourth-order valence-electron chi connectivity index (χ4n) is 5.36. The van der Waals surface area contributed by atoms with Crippen molar-refractivity contribution in [3.05, 3.63) is 0 Å². The molecule has 4 fully saturated rings. The number of hydrogen-bond acceptors (Lipinski definition) is 2. The molecule has 5 atom stereocenters. The number of hydrogen-bond donors (Lipinski definition) is 2. The van der Waals surface area contributed by atoms with Gasteiger partial charge < -0.3 is 10.6 Å². The van der Waals surface area contributed by atoms with Gasteiger partial charge in [0.1, 0.15) is 0 Å². The Hall–Kier alpha value is -0.570. The first-order chi connectivity index (χ1) is 9.18. The lowest BCUT2D eigenvalue weighted by Gasteiger charge is -2.34. The average Bonchev–Trinajstić information content (AvgIpc) is 2.85. The van der Waals surface area contributed by atoms with Crippen LogP contribution in [-0.4, -0.2) is 25.5 Å². The van der Waals surface area contributed by atoms with E-state index in [2.05, 4.69) is 17.6 Å². The van der Waals surface area contributed by atoms with Crippen molar-refractivity contribution in [3.63, 3.8) is 0 Å². The number of amides is 1. The molecule has 3 heteroatoms. The van der Waals surface area contributed by atoms with Crippen LogP contribution >= 0.6 is 0 Å². The summed E-state index contributed by atoms with van der Waals surface area (Å²) in [5, 5.41) is 6.73. The second kappa shape index (κ2) is 4.21. The third-order valence-electron chi connectivity index (χ3n) is 6.41. The van der Waals surface area contributed by atoms with Gasteiger partial charge in [-0.15, -0.1) is 0 Å². The molecular formula is C16H26N2O. The molecule has 0 aromatic rings. The Balaban J connectivity index is 1.31. The van der Waals surface area contributed by atoms with Gasteiger partial charge in [0.25, 0.3) is 0 Å². The summed E-state index contributed by atoms with van der Waals surface area (Å²) in [4.78, 5) is 12.4. The van der Waals surface area contributed by atoms with E-state index >= 15 is 0 Å². The zero-order valence-electron chi connectivity index (χ0n) is 12.0. The van der Waals surface area contributed by atoms with Crippen LogP contribution in [0.15, 0.2) is 0 Å². The molecule has 0 spiro atoms. The van der Waals surface area contributed by atoms with E-state index in [1.165, 1.54) is 32.1 Å². The van der Waals surface area contributed by atoms with Crippen LogP contribution < -0.4 is 10.6 Å². The van der Waals surface area contributed by atoms with Gasteiger partial charge in [0.2, 0.25) is 5.91 Å². The second-order valence-corrected chi connectivity index (χ2v) is 7.82. The zero-order valence-corrected chi connectivity index (χ0v) is 12.0. The summed E-state index contributed by atoms with van der Waals surface area (Å²) in [5.74, 6) is 4.12. The van der Waals surface area contributed by atoms with Crippen LogP contribution in [0.5, 0.6) is 0 Å². The molecular weight excluding hydrogens is 236 g/mol. The van der Waals surface area contributed by atoms with E-state index in [0.29, 0.717) is 11.8 Å². The van der Waals surface area contributed by atoms with E-state index < -0.39 is 0 Å². The zero-order chi connectivity index (χ0) is 13.0. The molecule has 106 valence electrons. The molecule has 2 N–H and O–H groups in total. The van der Waals surface area contributed by atoms with E-state index in [-0.39, 0.29) is 5.41 Å². The summed E-state index contributed by atoms with van der Waals surface area (Å²) in [5.41, 5.74) is 0.275. The topological polar surface area (TPSA) is 41.1 Å². The van der Waals surface area contributed by atoms with Crippen LogP contribution in [0.25, 0.3) is 0 Å². The first-order valence-corrected chi connectivity index (χ1v) is 8.16. The number of carbonyl (C=O) groups is 1. The Morgan fingerprint density at radius 3 is 2.68 bits per heavy atom. The van der Waals surface area contributed by atoms with Crippen LogP contribution in [0.3, 0.4) is 0 Å². The third-order valence-corrected chi connectivity index (χ3v) is 6.41. The minimum absolute atomic E-state index is 0.275.